The van der Waals surface area contributed by atoms with Crippen LogP contribution in [-0.2, 0) is 0 Å². The summed E-state index contributed by atoms with van der Waals surface area (Å²) in [7, 11) is 4.07. The van der Waals surface area contributed by atoms with E-state index in [2.05, 4.69) is 4.90 Å². The molecule has 0 aliphatic heterocycles. The van der Waals surface area contributed by atoms with Crippen LogP contribution in [0.2, 0.25) is 0 Å². The molecular formula is C23H29NO3. The lowest BCUT2D eigenvalue weighted by Crippen LogP contribution is -2.42. The van der Waals surface area contributed by atoms with Crippen molar-refractivity contribution in [1.82, 2.24) is 4.90 Å². The summed E-state index contributed by atoms with van der Waals surface area (Å²) in [6.45, 7) is 0.782. The predicted octanol–water partition coefficient (Wildman–Crippen LogP) is 4.25. The summed E-state index contributed by atoms with van der Waals surface area (Å²) in [6, 6.07) is 16.6. The van der Waals surface area contributed by atoms with Gasteiger partial charge in [-0.15, -0.1) is 0 Å². The summed E-state index contributed by atoms with van der Waals surface area (Å²) in [4.78, 5) is 14.5. The monoisotopic (exact) mass is 367 g/mol. The highest BCUT2D eigenvalue weighted by atomic mass is 16.5. The van der Waals surface area contributed by atoms with E-state index in [0.29, 0.717) is 11.3 Å². The third-order valence-corrected chi connectivity index (χ3v) is 5.42. The van der Waals surface area contributed by atoms with Crippen LogP contribution in [0.3, 0.4) is 0 Å². The molecule has 4 nitrogen and oxygen atoms in total. The zero-order chi connectivity index (χ0) is 19.3. The molecular weight excluding hydrogens is 338 g/mol. The number of nitrogens with zero attached hydrogens (tertiary/aromatic N) is 1. The number of aliphatic hydroxyl groups is 1. The molecule has 0 radical (unpaired) electrons. The second kappa shape index (κ2) is 8.68. The van der Waals surface area contributed by atoms with Gasteiger partial charge in [0.1, 0.15) is 5.75 Å². The molecule has 0 saturated heterocycles. The van der Waals surface area contributed by atoms with Crippen LogP contribution in [0.5, 0.6) is 5.75 Å². The van der Waals surface area contributed by atoms with Crippen molar-refractivity contribution in [2.24, 2.45) is 0 Å². The number of benzene rings is 2. The van der Waals surface area contributed by atoms with E-state index in [1.54, 1.807) is 24.3 Å². The molecule has 1 N–H and O–H groups in total. The Morgan fingerprint density at radius 3 is 2.26 bits per heavy atom. The molecule has 1 aliphatic carbocycles. The average Bonchev–Trinajstić information content (AvgIpc) is 2.67. The molecule has 0 aromatic heterocycles. The maximum Gasteiger partial charge on any atom is 0.343 e. The fourth-order valence-electron chi connectivity index (χ4n) is 3.97. The number of carbonyl (C=O) groups excluding carboxylic acids is 1. The zero-order valence-electron chi connectivity index (χ0n) is 16.2. The number of ether oxygens (including phenoxy) is 1. The van der Waals surface area contributed by atoms with Gasteiger partial charge in [0, 0.05) is 12.5 Å². The average molecular weight is 367 g/mol. The summed E-state index contributed by atoms with van der Waals surface area (Å²) in [5.74, 6) is 0.203. The van der Waals surface area contributed by atoms with E-state index in [0.717, 1.165) is 37.8 Å². The van der Waals surface area contributed by atoms with Gasteiger partial charge in [0.2, 0.25) is 0 Å². The smallest absolute Gasteiger partial charge is 0.343 e. The molecule has 0 spiro atoms. The van der Waals surface area contributed by atoms with E-state index in [-0.39, 0.29) is 11.9 Å². The summed E-state index contributed by atoms with van der Waals surface area (Å²) < 4.78 is 5.40. The number of hydrogen-bond donors (Lipinski definition) is 1. The van der Waals surface area contributed by atoms with Gasteiger partial charge < -0.3 is 14.7 Å². The van der Waals surface area contributed by atoms with Gasteiger partial charge in [0.05, 0.1) is 11.2 Å². The highest BCUT2D eigenvalue weighted by Gasteiger charge is 2.38. The van der Waals surface area contributed by atoms with Gasteiger partial charge in [0.25, 0.3) is 0 Å². The van der Waals surface area contributed by atoms with E-state index >= 15 is 0 Å². The molecule has 2 aromatic rings. The molecule has 1 saturated carbocycles. The van der Waals surface area contributed by atoms with Crippen LogP contribution >= 0.6 is 0 Å². The first-order valence-electron chi connectivity index (χ1n) is 9.72. The van der Waals surface area contributed by atoms with Gasteiger partial charge in [-0.3, -0.25) is 0 Å². The maximum atomic E-state index is 12.4. The van der Waals surface area contributed by atoms with Gasteiger partial charge in [-0.2, -0.15) is 0 Å². The first-order chi connectivity index (χ1) is 13.0. The molecule has 1 fully saturated rings. The molecule has 0 bridgehead atoms. The van der Waals surface area contributed by atoms with Crippen LogP contribution < -0.4 is 4.74 Å². The molecule has 1 atom stereocenters. The molecule has 4 heteroatoms. The third kappa shape index (κ3) is 4.96. The Balaban J connectivity index is 1.77. The van der Waals surface area contributed by atoms with Crippen LogP contribution in [0.4, 0.5) is 0 Å². The Hall–Kier alpha value is -2.17. The maximum absolute atomic E-state index is 12.4. The first kappa shape index (κ1) is 19.6. The van der Waals surface area contributed by atoms with Crippen molar-refractivity contribution in [2.45, 2.75) is 43.6 Å². The molecule has 27 heavy (non-hydrogen) atoms. The zero-order valence-corrected chi connectivity index (χ0v) is 16.2. The van der Waals surface area contributed by atoms with Crippen LogP contribution in [0.1, 0.15) is 53.9 Å². The van der Waals surface area contributed by atoms with E-state index in [4.69, 9.17) is 4.74 Å². The van der Waals surface area contributed by atoms with Crippen molar-refractivity contribution in [3.05, 3.63) is 65.7 Å². The third-order valence-electron chi connectivity index (χ3n) is 5.42. The summed E-state index contributed by atoms with van der Waals surface area (Å²) in [5, 5.41) is 11.3. The minimum Gasteiger partial charge on any atom is -0.423 e. The van der Waals surface area contributed by atoms with Crippen molar-refractivity contribution in [2.75, 3.05) is 20.6 Å². The second-order valence-electron chi connectivity index (χ2n) is 7.80. The van der Waals surface area contributed by atoms with Gasteiger partial charge >= 0.3 is 5.97 Å². The SMILES string of the molecule is CN(C)CC(c1ccc(C(=O)Oc2ccccc2)cc1)C1(O)CCCCC1. The highest BCUT2D eigenvalue weighted by Crippen LogP contribution is 2.40. The number of esters is 1. The second-order valence-corrected chi connectivity index (χ2v) is 7.80. The fourth-order valence-corrected chi connectivity index (χ4v) is 3.97. The van der Waals surface area contributed by atoms with Gasteiger partial charge in [-0.05, 0) is 56.8 Å². The van der Waals surface area contributed by atoms with Gasteiger partial charge in [-0.25, -0.2) is 4.79 Å². The Bertz CT molecular complexity index is 734. The number of likely N-dealkylation sites (N-methyl/N-ethyl adjacent to an activating group) is 1. The number of hydrogen-bond acceptors (Lipinski definition) is 4. The van der Waals surface area contributed by atoms with Crippen molar-refractivity contribution in [3.8, 4) is 5.75 Å². The van der Waals surface area contributed by atoms with Crippen molar-refractivity contribution >= 4 is 5.97 Å². The lowest BCUT2D eigenvalue weighted by atomic mass is 9.72. The summed E-state index contributed by atoms with van der Waals surface area (Å²) in [6.07, 6.45) is 5.01. The van der Waals surface area contributed by atoms with Crippen LogP contribution in [0.15, 0.2) is 54.6 Å². The Morgan fingerprint density at radius 2 is 1.67 bits per heavy atom. The molecule has 1 unspecified atom stereocenters. The van der Waals surface area contributed by atoms with Crippen LogP contribution in [0, 0.1) is 0 Å². The quantitative estimate of drug-likeness (QED) is 0.613. The Labute approximate surface area is 161 Å². The molecule has 2 aromatic carbocycles. The van der Waals surface area contributed by atoms with Gasteiger partial charge in [-0.1, -0.05) is 49.6 Å². The largest absolute Gasteiger partial charge is 0.423 e. The Kier molecular flexibility index (Phi) is 6.30. The predicted molar refractivity (Wildman–Crippen MR) is 107 cm³/mol. The van der Waals surface area contributed by atoms with Crippen molar-refractivity contribution in [3.63, 3.8) is 0 Å². The minimum absolute atomic E-state index is 0.0343. The molecule has 1 aliphatic rings. The lowest BCUT2D eigenvalue weighted by Gasteiger charge is -2.40. The standard InChI is InChI=1S/C23H29NO3/c1-24(2)17-21(23(26)15-7-4-8-16-23)18-11-13-19(14-12-18)22(25)27-20-9-5-3-6-10-20/h3,5-6,9-14,21,26H,4,7-8,15-17H2,1-2H3. The van der Waals surface area contributed by atoms with Crippen molar-refractivity contribution < 1.29 is 14.6 Å². The fraction of sp³-hybridized carbons (Fsp3) is 0.435. The lowest BCUT2D eigenvalue weighted by molar-refractivity contribution is -0.0277. The topological polar surface area (TPSA) is 49.8 Å². The number of carbonyl (C=O) groups is 1. The van der Waals surface area contributed by atoms with E-state index in [9.17, 15) is 9.90 Å². The number of para-hydroxylation sites is 1. The van der Waals surface area contributed by atoms with Gasteiger partial charge in [0.15, 0.2) is 0 Å². The Morgan fingerprint density at radius 1 is 1.04 bits per heavy atom. The van der Waals surface area contributed by atoms with E-state index in [1.807, 2.05) is 44.4 Å². The molecule has 144 valence electrons. The highest BCUT2D eigenvalue weighted by molar-refractivity contribution is 5.91. The summed E-state index contributed by atoms with van der Waals surface area (Å²) in [5.41, 5.74) is 0.917. The first-order valence-corrected chi connectivity index (χ1v) is 9.72. The van der Waals surface area contributed by atoms with E-state index in [1.165, 1.54) is 6.42 Å². The molecule has 0 heterocycles. The van der Waals surface area contributed by atoms with Crippen LogP contribution in [-0.4, -0.2) is 42.2 Å². The van der Waals surface area contributed by atoms with E-state index < -0.39 is 5.60 Å². The molecule has 0 amide bonds. The number of rotatable bonds is 6. The van der Waals surface area contributed by atoms with Crippen LogP contribution in [0.25, 0.3) is 0 Å². The minimum atomic E-state index is -0.672. The van der Waals surface area contributed by atoms with Crippen molar-refractivity contribution in [1.29, 1.82) is 0 Å². The summed E-state index contributed by atoms with van der Waals surface area (Å²) >= 11 is 0. The molecule has 3 rings (SSSR count). The normalized spacial score (nSPS) is 17.5.